The summed E-state index contributed by atoms with van der Waals surface area (Å²) in [6.07, 6.45) is -0.113. The molecule has 1 atom stereocenters. The number of amides is 1. The second-order valence-electron chi connectivity index (χ2n) is 5.81. The molecule has 1 aromatic rings. The van der Waals surface area contributed by atoms with E-state index in [4.69, 9.17) is 4.74 Å². The Balaban J connectivity index is 2.03. The van der Waals surface area contributed by atoms with E-state index in [1.807, 2.05) is 4.72 Å². The Morgan fingerprint density at radius 1 is 1.30 bits per heavy atom. The number of nitrogens with one attached hydrogen (secondary N) is 1. The van der Waals surface area contributed by atoms with Gasteiger partial charge >= 0.3 is 6.09 Å². The summed E-state index contributed by atoms with van der Waals surface area (Å²) in [6, 6.07) is 8.80. The summed E-state index contributed by atoms with van der Waals surface area (Å²) in [5, 5.41) is 0. The molecule has 1 N–H and O–H groups in total. The molecule has 1 heterocycles. The Labute approximate surface area is 133 Å². The standard InChI is InChI=1S/C14H18F2N2O4S/c1-13(17-23(2,20)21)9-18(10-14(13,15)16)12(19)22-8-11-6-4-3-5-7-11/h3-7,17H,8-10H2,1-2H3. The molecule has 23 heavy (non-hydrogen) atoms. The first-order valence-electron chi connectivity index (χ1n) is 6.85. The fourth-order valence-corrected chi connectivity index (χ4v) is 3.46. The molecule has 1 saturated heterocycles. The maximum absolute atomic E-state index is 14.1. The third-order valence-corrected chi connectivity index (χ3v) is 4.40. The number of ether oxygens (including phenoxy) is 1. The van der Waals surface area contributed by atoms with Crippen LogP contribution in [-0.2, 0) is 21.4 Å². The van der Waals surface area contributed by atoms with Crippen LogP contribution < -0.4 is 4.72 Å². The van der Waals surface area contributed by atoms with Crippen LogP contribution in [0.2, 0.25) is 0 Å². The second-order valence-corrected chi connectivity index (χ2v) is 7.56. The molecule has 1 aliphatic heterocycles. The monoisotopic (exact) mass is 348 g/mol. The van der Waals surface area contributed by atoms with Gasteiger partial charge in [-0.05, 0) is 12.5 Å². The van der Waals surface area contributed by atoms with Crippen LogP contribution in [0.4, 0.5) is 13.6 Å². The molecule has 6 nitrogen and oxygen atoms in total. The zero-order chi connectivity index (χ0) is 17.3. The van der Waals surface area contributed by atoms with Crippen LogP contribution in [0.3, 0.4) is 0 Å². The number of rotatable bonds is 4. The fourth-order valence-electron chi connectivity index (χ4n) is 2.42. The molecule has 9 heteroatoms. The lowest BCUT2D eigenvalue weighted by molar-refractivity contribution is -0.0407. The van der Waals surface area contributed by atoms with Gasteiger partial charge in [0.25, 0.3) is 5.92 Å². The van der Waals surface area contributed by atoms with E-state index in [0.29, 0.717) is 0 Å². The van der Waals surface area contributed by atoms with E-state index in [2.05, 4.69) is 0 Å². The van der Waals surface area contributed by atoms with E-state index in [1.165, 1.54) is 0 Å². The Morgan fingerprint density at radius 3 is 2.48 bits per heavy atom. The van der Waals surface area contributed by atoms with Gasteiger partial charge in [-0.3, -0.25) is 4.90 Å². The summed E-state index contributed by atoms with van der Waals surface area (Å²) in [6.45, 7) is -0.350. The highest BCUT2D eigenvalue weighted by molar-refractivity contribution is 7.88. The summed E-state index contributed by atoms with van der Waals surface area (Å²) in [5.41, 5.74) is -1.34. The van der Waals surface area contributed by atoms with E-state index < -0.39 is 40.7 Å². The molecule has 0 aliphatic carbocycles. The van der Waals surface area contributed by atoms with Gasteiger partial charge < -0.3 is 4.74 Å². The summed E-state index contributed by atoms with van der Waals surface area (Å²) in [4.78, 5) is 12.8. The Kier molecular flexibility index (Phi) is 4.63. The summed E-state index contributed by atoms with van der Waals surface area (Å²) >= 11 is 0. The van der Waals surface area contributed by atoms with E-state index >= 15 is 0 Å². The Bertz CT molecular complexity index is 681. The van der Waals surface area contributed by atoms with Gasteiger partial charge in [0.1, 0.15) is 12.1 Å². The zero-order valence-electron chi connectivity index (χ0n) is 12.8. The number of hydrogen-bond donors (Lipinski definition) is 1. The van der Waals surface area contributed by atoms with Crippen molar-refractivity contribution in [2.75, 3.05) is 19.3 Å². The first-order valence-corrected chi connectivity index (χ1v) is 8.74. The fraction of sp³-hybridized carbons (Fsp3) is 0.500. The lowest BCUT2D eigenvalue weighted by atomic mass is 9.99. The number of carbonyl (C=O) groups is 1. The second kappa shape index (κ2) is 6.04. The third kappa shape index (κ3) is 4.17. The van der Waals surface area contributed by atoms with Gasteiger partial charge in [0.05, 0.1) is 12.8 Å². The van der Waals surface area contributed by atoms with Crippen molar-refractivity contribution in [3.8, 4) is 0 Å². The first kappa shape index (κ1) is 17.6. The van der Waals surface area contributed by atoms with E-state index in [1.54, 1.807) is 30.3 Å². The van der Waals surface area contributed by atoms with Gasteiger partial charge in [0.2, 0.25) is 10.0 Å². The summed E-state index contributed by atoms with van der Waals surface area (Å²) in [5.74, 6) is -3.40. The summed E-state index contributed by atoms with van der Waals surface area (Å²) < 4.78 is 57.7. The molecular weight excluding hydrogens is 330 g/mol. The molecule has 128 valence electrons. The summed E-state index contributed by atoms with van der Waals surface area (Å²) in [7, 11) is -3.85. The number of benzene rings is 1. The van der Waals surface area contributed by atoms with Crippen LogP contribution in [-0.4, -0.2) is 50.2 Å². The molecule has 1 aliphatic rings. The normalized spacial score (nSPS) is 23.7. The van der Waals surface area contributed by atoms with Crippen LogP contribution in [0.1, 0.15) is 12.5 Å². The smallest absolute Gasteiger partial charge is 0.410 e. The predicted octanol–water partition coefficient (Wildman–Crippen LogP) is 1.58. The van der Waals surface area contributed by atoms with Crippen LogP contribution in [0.25, 0.3) is 0 Å². The van der Waals surface area contributed by atoms with Crippen LogP contribution in [0.5, 0.6) is 0 Å². The van der Waals surface area contributed by atoms with E-state index in [9.17, 15) is 22.0 Å². The molecule has 1 aromatic carbocycles. The van der Waals surface area contributed by atoms with Crippen molar-refractivity contribution >= 4 is 16.1 Å². The molecular formula is C14H18F2N2O4S. The Morgan fingerprint density at radius 2 is 1.91 bits per heavy atom. The molecule has 0 bridgehead atoms. The van der Waals surface area contributed by atoms with E-state index in [0.717, 1.165) is 23.6 Å². The average Bonchev–Trinajstić information content (AvgIpc) is 2.65. The largest absolute Gasteiger partial charge is 0.445 e. The molecule has 1 fully saturated rings. The van der Waals surface area contributed by atoms with Crippen LogP contribution in [0.15, 0.2) is 30.3 Å². The molecule has 0 radical (unpaired) electrons. The van der Waals surface area contributed by atoms with Gasteiger partial charge in [-0.15, -0.1) is 0 Å². The first-order chi connectivity index (χ1) is 10.5. The minimum atomic E-state index is -3.85. The molecule has 1 amide bonds. The van der Waals surface area contributed by atoms with Gasteiger partial charge in [-0.1, -0.05) is 30.3 Å². The van der Waals surface area contributed by atoms with Gasteiger partial charge in [0, 0.05) is 6.54 Å². The average molecular weight is 348 g/mol. The van der Waals surface area contributed by atoms with Gasteiger partial charge in [-0.2, -0.15) is 0 Å². The van der Waals surface area contributed by atoms with Crippen molar-refractivity contribution in [2.45, 2.75) is 25.0 Å². The number of carbonyl (C=O) groups excluding carboxylic acids is 1. The predicted molar refractivity (Wildman–Crippen MR) is 79.5 cm³/mol. The Hall–Kier alpha value is -1.74. The van der Waals surface area contributed by atoms with E-state index in [-0.39, 0.29) is 6.61 Å². The number of nitrogens with zero attached hydrogens (tertiary/aromatic N) is 1. The quantitative estimate of drug-likeness (QED) is 0.896. The topological polar surface area (TPSA) is 75.7 Å². The lowest BCUT2D eigenvalue weighted by Gasteiger charge is -2.29. The minimum absolute atomic E-state index is 0.0437. The molecule has 0 aromatic heterocycles. The van der Waals surface area contributed by atoms with Crippen molar-refractivity contribution in [3.63, 3.8) is 0 Å². The number of halogens is 2. The number of hydrogen-bond acceptors (Lipinski definition) is 4. The maximum atomic E-state index is 14.1. The molecule has 0 spiro atoms. The highest BCUT2D eigenvalue weighted by Crippen LogP contribution is 2.37. The van der Waals surface area contributed by atoms with Crippen molar-refractivity contribution in [1.82, 2.24) is 9.62 Å². The van der Waals surface area contributed by atoms with Crippen molar-refractivity contribution in [3.05, 3.63) is 35.9 Å². The maximum Gasteiger partial charge on any atom is 0.410 e. The molecule has 0 saturated carbocycles. The number of alkyl halides is 2. The third-order valence-electron chi connectivity index (χ3n) is 3.58. The van der Waals surface area contributed by atoms with Crippen molar-refractivity contribution in [2.24, 2.45) is 0 Å². The van der Waals surface area contributed by atoms with Crippen molar-refractivity contribution in [1.29, 1.82) is 0 Å². The lowest BCUT2D eigenvalue weighted by Crippen LogP contribution is -2.57. The number of sulfonamides is 1. The molecule has 2 rings (SSSR count). The highest BCUT2D eigenvalue weighted by atomic mass is 32.2. The zero-order valence-corrected chi connectivity index (χ0v) is 13.6. The minimum Gasteiger partial charge on any atom is -0.445 e. The number of likely N-dealkylation sites (tertiary alicyclic amines) is 1. The molecule has 1 unspecified atom stereocenters. The SMILES string of the molecule is CC1(NS(C)(=O)=O)CN(C(=O)OCc2ccccc2)CC1(F)F. The van der Waals surface area contributed by atoms with Crippen molar-refractivity contribution < 1.29 is 26.7 Å². The van der Waals surface area contributed by atoms with Gasteiger partial charge in [0.15, 0.2) is 0 Å². The highest BCUT2D eigenvalue weighted by Gasteiger charge is 2.60. The van der Waals surface area contributed by atoms with Crippen LogP contribution >= 0.6 is 0 Å². The van der Waals surface area contributed by atoms with Gasteiger partial charge in [-0.25, -0.2) is 26.7 Å². The van der Waals surface area contributed by atoms with Crippen LogP contribution in [0, 0.1) is 0 Å².